The Morgan fingerprint density at radius 1 is 1.24 bits per heavy atom. The average molecular weight is 293 g/mol. The Labute approximate surface area is 119 Å². The van der Waals surface area contributed by atoms with Gasteiger partial charge in [-0.05, 0) is 24.6 Å². The second kappa shape index (κ2) is 5.31. The molecule has 21 heavy (non-hydrogen) atoms. The van der Waals surface area contributed by atoms with Crippen LogP contribution in [0.25, 0.3) is 0 Å². The van der Waals surface area contributed by atoms with Gasteiger partial charge in [-0.3, -0.25) is 19.3 Å². The molecule has 0 unspecified atom stereocenters. The summed E-state index contributed by atoms with van der Waals surface area (Å²) in [6.45, 7) is 0.965. The molecule has 0 saturated carbocycles. The largest absolute Gasteiger partial charge is 0.334 e. The summed E-state index contributed by atoms with van der Waals surface area (Å²) >= 11 is 0. The molecule has 1 aromatic carbocycles. The maximum Gasteiger partial charge on any atom is 0.334 e. The van der Waals surface area contributed by atoms with Crippen molar-refractivity contribution in [2.75, 3.05) is 18.9 Å². The highest BCUT2D eigenvalue weighted by molar-refractivity contribution is 6.44. The molecule has 0 bridgehead atoms. The van der Waals surface area contributed by atoms with Gasteiger partial charge in [0.15, 0.2) is 0 Å². The summed E-state index contributed by atoms with van der Waals surface area (Å²) < 4.78 is 13.3. The topological polar surface area (TPSA) is 86.8 Å². The van der Waals surface area contributed by atoms with E-state index in [0.29, 0.717) is 15.4 Å². The zero-order valence-corrected chi connectivity index (χ0v) is 11.3. The Kier molecular flexibility index (Phi) is 3.70. The molecule has 1 fully saturated rings. The first kappa shape index (κ1) is 14.6. The van der Waals surface area contributed by atoms with E-state index < -0.39 is 36.1 Å². The number of hydrogen-bond donors (Lipinski definition) is 1. The van der Waals surface area contributed by atoms with Crippen LogP contribution in [0.3, 0.4) is 0 Å². The minimum absolute atomic E-state index is 0.196. The van der Waals surface area contributed by atoms with Crippen LogP contribution in [0.2, 0.25) is 0 Å². The monoisotopic (exact) mass is 293 g/mol. The quantitative estimate of drug-likeness (QED) is 0.649. The predicted octanol–water partition coefficient (Wildman–Crippen LogP) is 0.493. The van der Waals surface area contributed by atoms with Crippen molar-refractivity contribution in [3.8, 4) is 0 Å². The normalized spacial score (nSPS) is 14.9. The van der Waals surface area contributed by atoms with Crippen LogP contribution in [0.5, 0.6) is 0 Å². The number of halogens is 1. The molecule has 1 aliphatic heterocycles. The number of hydrogen-bond acceptors (Lipinski definition) is 4. The lowest BCUT2D eigenvalue weighted by Gasteiger charge is -2.13. The molecular formula is C13H12FN3O4. The summed E-state index contributed by atoms with van der Waals surface area (Å²) in [5, 5.41) is 2.35. The summed E-state index contributed by atoms with van der Waals surface area (Å²) in [4.78, 5) is 47.3. The minimum Gasteiger partial charge on any atom is -0.324 e. The number of likely N-dealkylation sites (N-methyl/N-ethyl adjacent to an activating group) is 1. The Morgan fingerprint density at radius 3 is 2.43 bits per heavy atom. The van der Waals surface area contributed by atoms with Crippen LogP contribution in [0.4, 0.5) is 14.9 Å². The molecular weight excluding hydrogens is 281 g/mol. The molecule has 1 aromatic rings. The highest BCUT2D eigenvalue weighted by Crippen LogP contribution is 2.14. The fraction of sp³-hybridized carbons (Fsp3) is 0.231. The lowest BCUT2D eigenvalue weighted by molar-refractivity contribution is -0.143. The van der Waals surface area contributed by atoms with E-state index in [-0.39, 0.29) is 5.69 Å². The summed E-state index contributed by atoms with van der Waals surface area (Å²) in [6, 6.07) is 3.23. The smallest absolute Gasteiger partial charge is 0.324 e. The van der Waals surface area contributed by atoms with E-state index in [9.17, 15) is 23.6 Å². The molecule has 8 heteroatoms. The van der Waals surface area contributed by atoms with Gasteiger partial charge < -0.3 is 5.32 Å². The number of amides is 5. The molecule has 7 nitrogen and oxygen atoms in total. The number of nitrogens with zero attached hydrogens (tertiary/aromatic N) is 2. The third-order valence-corrected chi connectivity index (χ3v) is 3.01. The van der Waals surface area contributed by atoms with Gasteiger partial charge in [0.2, 0.25) is 5.91 Å². The molecule has 110 valence electrons. The van der Waals surface area contributed by atoms with Crippen LogP contribution in [0, 0.1) is 12.7 Å². The van der Waals surface area contributed by atoms with Gasteiger partial charge in [-0.1, -0.05) is 6.07 Å². The van der Waals surface area contributed by atoms with E-state index >= 15 is 0 Å². The standard InChI is InChI=1S/C13H12FN3O4/c1-7-3-4-8(5-9(7)14)15-10(18)6-17-12(20)11(19)16(2)13(17)21/h3-5H,6H2,1-2H3,(H,15,18). The van der Waals surface area contributed by atoms with Crippen molar-refractivity contribution in [2.24, 2.45) is 0 Å². The van der Waals surface area contributed by atoms with Crippen LogP contribution >= 0.6 is 0 Å². The lowest BCUT2D eigenvalue weighted by Crippen LogP contribution is -2.38. The first-order valence-electron chi connectivity index (χ1n) is 6.00. The minimum atomic E-state index is -1.06. The van der Waals surface area contributed by atoms with Crippen molar-refractivity contribution in [3.63, 3.8) is 0 Å². The van der Waals surface area contributed by atoms with Crippen LogP contribution in [-0.4, -0.2) is 47.1 Å². The number of anilines is 1. The van der Waals surface area contributed by atoms with Gasteiger partial charge in [0.25, 0.3) is 0 Å². The molecule has 1 heterocycles. The van der Waals surface area contributed by atoms with Gasteiger partial charge >= 0.3 is 17.8 Å². The van der Waals surface area contributed by atoms with E-state index in [2.05, 4.69) is 5.32 Å². The van der Waals surface area contributed by atoms with Gasteiger partial charge in [-0.25, -0.2) is 14.1 Å². The van der Waals surface area contributed by atoms with Crippen molar-refractivity contribution < 1.29 is 23.6 Å². The highest BCUT2D eigenvalue weighted by atomic mass is 19.1. The van der Waals surface area contributed by atoms with E-state index in [1.165, 1.54) is 12.1 Å². The van der Waals surface area contributed by atoms with Crippen molar-refractivity contribution in [1.29, 1.82) is 0 Å². The second-order valence-corrected chi connectivity index (χ2v) is 4.55. The van der Waals surface area contributed by atoms with E-state index in [0.717, 1.165) is 13.1 Å². The number of carbonyl (C=O) groups is 4. The zero-order valence-electron chi connectivity index (χ0n) is 11.3. The summed E-state index contributed by atoms with van der Waals surface area (Å²) in [7, 11) is 1.15. The maximum atomic E-state index is 13.3. The summed E-state index contributed by atoms with van der Waals surface area (Å²) in [5.41, 5.74) is 0.618. The van der Waals surface area contributed by atoms with Crippen LogP contribution in [0.1, 0.15) is 5.56 Å². The van der Waals surface area contributed by atoms with Crippen molar-refractivity contribution in [1.82, 2.24) is 9.80 Å². The van der Waals surface area contributed by atoms with Gasteiger partial charge in [-0.15, -0.1) is 0 Å². The molecule has 0 spiro atoms. The summed E-state index contributed by atoms with van der Waals surface area (Å²) in [6.07, 6.45) is 0. The molecule has 5 amide bonds. The van der Waals surface area contributed by atoms with Crippen LogP contribution < -0.4 is 5.32 Å². The number of carbonyl (C=O) groups excluding carboxylic acids is 4. The third kappa shape index (κ3) is 2.73. The fourth-order valence-electron chi connectivity index (χ4n) is 1.77. The van der Waals surface area contributed by atoms with Crippen LogP contribution in [-0.2, 0) is 14.4 Å². The molecule has 1 saturated heterocycles. The molecule has 2 rings (SSSR count). The van der Waals surface area contributed by atoms with Crippen LogP contribution in [0.15, 0.2) is 18.2 Å². The summed E-state index contributed by atoms with van der Waals surface area (Å²) in [5.74, 6) is -3.25. The number of rotatable bonds is 3. The van der Waals surface area contributed by atoms with E-state index in [4.69, 9.17) is 0 Å². The molecule has 1 N–H and O–H groups in total. The molecule has 0 radical (unpaired) electrons. The highest BCUT2D eigenvalue weighted by Gasteiger charge is 2.42. The van der Waals surface area contributed by atoms with E-state index in [1.807, 2.05) is 0 Å². The third-order valence-electron chi connectivity index (χ3n) is 3.01. The number of urea groups is 1. The first-order chi connectivity index (χ1) is 9.81. The van der Waals surface area contributed by atoms with Crippen molar-refractivity contribution >= 4 is 29.4 Å². The Bertz CT molecular complexity index is 659. The Morgan fingerprint density at radius 2 is 1.90 bits per heavy atom. The first-order valence-corrected chi connectivity index (χ1v) is 6.00. The zero-order chi connectivity index (χ0) is 15.7. The lowest BCUT2D eigenvalue weighted by atomic mass is 10.2. The maximum absolute atomic E-state index is 13.3. The van der Waals surface area contributed by atoms with Crippen molar-refractivity contribution in [2.45, 2.75) is 6.92 Å². The second-order valence-electron chi connectivity index (χ2n) is 4.55. The SMILES string of the molecule is Cc1ccc(NC(=O)CN2C(=O)C(=O)N(C)C2=O)cc1F. The number of imide groups is 2. The average Bonchev–Trinajstić information content (AvgIpc) is 2.61. The predicted molar refractivity (Wildman–Crippen MR) is 69.6 cm³/mol. The Balaban J connectivity index is 2.05. The van der Waals surface area contributed by atoms with Crippen molar-refractivity contribution in [3.05, 3.63) is 29.6 Å². The number of nitrogens with one attached hydrogen (secondary N) is 1. The number of aryl methyl sites for hydroxylation is 1. The Hall–Kier alpha value is -2.77. The van der Waals surface area contributed by atoms with E-state index in [1.54, 1.807) is 6.92 Å². The van der Waals surface area contributed by atoms with Gasteiger partial charge in [0.05, 0.1) is 0 Å². The molecule has 0 aromatic heterocycles. The van der Waals surface area contributed by atoms with Gasteiger partial charge in [-0.2, -0.15) is 0 Å². The molecule has 0 aliphatic carbocycles. The molecule has 1 aliphatic rings. The van der Waals surface area contributed by atoms with Gasteiger partial charge in [0.1, 0.15) is 12.4 Å². The van der Waals surface area contributed by atoms with Gasteiger partial charge in [0, 0.05) is 12.7 Å². The number of benzene rings is 1. The molecule has 0 atom stereocenters. The fourth-order valence-corrected chi connectivity index (χ4v) is 1.77.